The first-order valence-corrected chi connectivity index (χ1v) is 5.73. The van der Waals surface area contributed by atoms with Gasteiger partial charge in [-0.3, -0.25) is 0 Å². The lowest BCUT2D eigenvalue weighted by Crippen LogP contribution is -2.24. The maximum Gasteiger partial charge on any atom is 0.160 e. The molecular formula is C12H19N3O. The van der Waals surface area contributed by atoms with Crippen LogP contribution in [0.25, 0.3) is 0 Å². The van der Waals surface area contributed by atoms with Crippen molar-refractivity contribution in [1.82, 2.24) is 15.3 Å². The summed E-state index contributed by atoms with van der Waals surface area (Å²) in [5, 5.41) is 3.32. The Labute approximate surface area is 96.4 Å². The van der Waals surface area contributed by atoms with Gasteiger partial charge in [0.2, 0.25) is 0 Å². The number of hydrogen-bond donors (Lipinski definition) is 1. The molecule has 2 rings (SSSR count). The van der Waals surface area contributed by atoms with E-state index in [1.54, 1.807) is 7.11 Å². The second kappa shape index (κ2) is 4.11. The van der Waals surface area contributed by atoms with Crippen LogP contribution in [-0.4, -0.2) is 17.1 Å². The first-order chi connectivity index (χ1) is 7.58. The molecule has 0 atom stereocenters. The lowest BCUT2D eigenvalue weighted by atomic mass is 10.1. The molecule has 1 N–H and O–H groups in total. The van der Waals surface area contributed by atoms with E-state index in [9.17, 15) is 0 Å². The summed E-state index contributed by atoms with van der Waals surface area (Å²) < 4.78 is 5.44. The minimum atomic E-state index is -0.415. The van der Waals surface area contributed by atoms with E-state index in [1.807, 2.05) is 13.8 Å². The van der Waals surface area contributed by atoms with Crippen LogP contribution < -0.4 is 5.32 Å². The van der Waals surface area contributed by atoms with Gasteiger partial charge >= 0.3 is 0 Å². The maximum absolute atomic E-state index is 5.44. The van der Waals surface area contributed by atoms with E-state index in [-0.39, 0.29) is 0 Å². The highest BCUT2D eigenvalue weighted by molar-refractivity contribution is 5.30. The Morgan fingerprint density at radius 1 is 1.31 bits per heavy atom. The average Bonchev–Trinajstić information content (AvgIpc) is 2.75. The minimum absolute atomic E-state index is 0.415. The zero-order chi connectivity index (χ0) is 11.8. The first-order valence-electron chi connectivity index (χ1n) is 5.73. The average molecular weight is 221 g/mol. The van der Waals surface area contributed by atoms with Crippen molar-refractivity contribution in [1.29, 1.82) is 0 Å². The molecule has 16 heavy (non-hydrogen) atoms. The summed E-state index contributed by atoms with van der Waals surface area (Å²) >= 11 is 0. The van der Waals surface area contributed by atoms with Crippen LogP contribution in [0.2, 0.25) is 0 Å². The van der Waals surface area contributed by atoms with Crippen LogP contribution in [0, 0.1) is 0 Å². The summed E-state index contributed by atoms with van der Waals surface area (Å²) in [6.07, 6.45) is 0.944. The Morgan fingerprint density at radius 3 is 2.69 bits per heavy atom. The predicted octanol–water partition coefficient (Wildman–Crippen LogP) is 1.52. The SMILES string of the molecule is CCc1nc(C(C)(C)OC)nc2c1CNC2. The highest BCUT2D eigenvalue weighted by atomic mass is 16.5. The van der Waals surface area contributed by atoms with Crippen LogP contribution in [-0.2, 0) is 29.8 Å². The molecule has 1 aliphatic heterocycles. The van der Waals surface area contributed by atoms with Crippen molar-refractivity contribution >= 4 is 0 Å². The molecule has 0 aliphatic carbocycles. The summed E-state index contributed by atoms with van der Waals surface area (Å²) in [6.45, 7) is 7.86. The van der Waals surface area contributed by atoms with Crippen LogP contribution >= 0.6 is 0 Å². The number of fused-ring (bicyclic) bond motifs is 1. The number of aryl methyl sites for hydroxylation is 1. The van der Waals surface area contributed by atoms with E-state index in [1.165, 1.54) is 5.56 Å². The molecule has 0 aromatic carbocycles. The summed E-state index contributed by atoms with van der Waals surface area (Å²) in [5.41, 5.74) is 3.14. The highest BCUT2D eigenvalue weighted by Gasteiger charge is 2.27. The molecule has 0 fully saturated rings. The summed E-state index contributed by atoms with van der Waals surface area (Å²) in [5.74, 6) is 0.786. The Balaban J connectivity index is 2.50. The summed E-state index contributed by atoms with van der Waals surface area (Å²) in [6, 6.07) is 0. The Morgan fingerprint density at radius 2 is 2.06 bits per heavy atom. The minimum Gasteiger partial charge on any atom is -0.371 e. The van der Waals surface area contributed by atoms with Gasteiger partial charge in [0, 0.05) is 31.5 Å². The second-order valence-electron chi connectivity index (χ2n) is 4.59. The van der Waals surface area contributed by atoms with Crippen molar-refractivity contribution in [3.63, 3.8) is 0 Å². The van der Waals surface area contributed by atoms with Crippen molar-refractivity contribution in [3.05, 3.63) is 22.8 Å². The molecule has 0 radical (unpaired) electrons. The molecule has 88 valence electrons. The van der Waals surface area contributed by atoms with E-state index in [0.717, 1.165) is 36.7 Å². The van der Waals surface area contributed by atoms with Gasteiger partial charge in [-0.2, -0.15) is 0 Å². The molecule has 1 aromatic rings. The third-order valence-electron chi connectivity index (χ3n) is 3.16. The van der Waals surface area contributed by atoms with Gasteiger partial charge in [-0.05, 0) is 20.3 Å². The molecule has 0 saturated carbocycles. The fourth-order valence-electron chi connectivity index (χ4n) is 1.89. The number of nitrogens with zero attached hydrogens (tertiary/aromatic N) is 2. The molecule has 0 bridgehead atoms. The van der Waals surface area contributed by atoms with Crippen molar-refractivity contribution in [2.75, 3.05) is 7.11 Å². The number of hydrogen-bond acceptors (Lipinski definition) is 4. The van der Waals surface area contributed by atoms with Crippen LogP contribution in [0.5, 0.6) is 0 Å². The zero-order valence-electron chi connectivity index (χ0n) is 10.4. The largest absolute Gasteiger partial charge is 0.371 e. The molecule has 0 saturated heterocycles. The Kier molecular flexibility index (Phi) is 2.95. The molecule has 2 heterocycles. The van der Waals surface area contributed by atoms with Gasteiger partial charge in [0.1, 0.15) is 5.60 Å². The summed E-state index contributed by atoms with van der Waals surface area (Å²) in [4.78, 5) is 9.24. The van der Waals surface area contributed by atoms with Gasteiger partial charge < -0.3 is 10.1 Å². The fourth-order valence-corrected chi connectivity index (χ4v) is 1.89. The maximum atomic E-state index is 5.44. The lowest BCUT2D eigenvalue weighted by molar-refractivity contribution is 0.0111. The van der Waals surface area contributed by atoms with Gasteiger partial charge in [0.05, 0.1) is 5.69 Å². The lowest BCUT2D eigenvalue weighted by Gasteiger charge is -2.22. The zero-order valence-corrected chi connectivity index (χ0v) is 10.4. The standard InChI is InChI=1S/C12H19N3O/c1-5-9-8-6-13-7-10(8)15-11(14-9)12(2,3)16-4/h13H,5-7H2,1-4H3. The topological polar surface area (TPSA) is 47.0 Å². The van der Waals surface area contributed by atoms with E-state index in [0.29, 0.717) is 0 Å². The smallest absolute Gasteiger partial charge is 0.160 e. The Hall–Kier alpha value is -1.00. The third-order valence-corrected chi connectivity index (χ3v) is 3.16. The molecule has 0 unspecified atom stereocenters. The monoisotopic (exact) mass is 221 g/mol. The van der Waals surface area contributed by atoms with Crippen LogP contribution in [0.4, 0.5) is 0 Å². The molecule has 1 aromatic heterocycles. The normalized spacial score (nSPS) is 15.2. The first kappa shape index (κ1) is 11.5. The number of rotatable bonds is 3. The van der Waals surface area contributed by atoms with Gasteiger partial charge in [0.15, 0.2) is 5.82 Å². The Bertz CT molecular complexity index is 401. The van der Waals surface area contributed by atoms with Gasteiger partial charge in [-0.25, -0.2) is 9.97 Å². The highest BCUT2D eigenvalue weighted by Crippen LogP contribution is 2.24. The van der Waals surface area contributed by atoms with E-state index in [4.69, 9.17) is 4.74 Å². The molecule has 1 aliphatic rings. The predicted molar refractivity (Wildman–Crippen MR) is 62.0 cm³/mol. The molecular weight excluding hydrogens is 202 g/mol. The number of ether oxygens (including phenoxy) is 1. The van der Waals surface area contributed by atoms with Crippen molar-refractivity contribution < 1.29 is 4.74 Å². The van der Waals surface area contributed by atoms with Gasteiger partial charge in [0.25, 0.3) is 0 Å². The van der Waals surface area contributed by atoms with Gasteiger partial charge in [-0.15, -0.1) is 0 Å². The third kappa shape index (κ3) is 1.83. The number of methoxy groups -OCH3 is 1. The van der Waals surface area contributed by atoms with Crippen molar-refractivity contribution in [3.8, 4) is 0 Å². The van der Waals surface area contributed by atoms with Gasteiger partial charge in [-0.1, -0.05) is 6.92 Å². The number of aromatic nitrogens is 2. The van der Waals surface area contributed by atoms with Crippen LogP contribution in [0.1, 0.15) is 43.5 Å². The van der Waals surface area contributed by atoms with Crippen molar-refractivity contribution in [2.45, 2.75) is 45.9 Å². The second-order valence-corrected chi connectivity index (χ2v) is 4.59. The molecule has 4 heteroatoms. The molecule has 0 amide bonds. The van der Waals surface area contributed by atoms with Crippen molar-refractivity contribution in [2.24, 2.45) is 0 Å². The number of nitrogens with one attached hydrogen (secondary N) is 1. The quantitative estimate of drug-likeness (QED) is 0.840. The van der Waals surface area contributed by atoms with E-state index < -0.39 is 5.60 Å². The summed E-state index contributed by atoms with van der Waals surface area (Å²) in [7, 11) is 1.69. The van der Waals surface area contributed by atoms with E-state index in [2.05, 4.69) is 22.2 Å². The fraction of sp³-hybridized carbons (Fsp3) is 0.667. The molecule has 0 spiro atoms. The van der Waals surface area contributed by atoms with Crippen LogP contribution in [0.3, 0.4) is 0 Å². The van der Waals surface area contributed by atoms with Crippen LogP contribution in [0.15, 0.2) is 0 Å². The van der Waals surface area contributed by atoms with E-state index >= 15 is 0 Å². The molecule has 4 nitrogen and oxygen atoms in total.